The molecule has 0 atom stereocenters. The zero-order valence-corrected chi connectivity index (χ0v) is 8.28. The minimum Gasteiger partial charge on any atom is -0.296 e. The fourth-order valence-corrected chi connectivity index (χ4v) is 1.62. The Bertz CT molecular complexity index is 467. The van der Waals surface area contributed by atoms with E-state index in [1.165, 1.54) is 0 Å². The molecule has 1 aromatic carbocycles. The number of hydrogen-bond acceptors (Lipinski definition) is 2. The highest BCUT2D eigenvalue weighted by atomic mass is 79.9. The van der Waals surface area contributed by atoms with Crippen LogP contribution < -0.4 is 0 Å². The first-order valence-electron chi connectivity index (χ1n) is 3.81. The first-order valence-corrected chi connectivity index (χ1v) is 4.60. The van der Waals surface area contributed by atoms with Gasteiger partial charge in [0.05, 0.1) is 0 Å². The van der Waals surface area contributed by atoms with Gasteiger partial charge in [-0.2, -0.15) is 0 Å². The maximum Gasteiger partial charge on any atom is 0.169 e. The van der Waals surface area contributed by atoms with Gasteiger partial charge < -0.3 is 0 Å². The van der Waals surface area contributed by atoms with E-state index in [9.17, 15) is 4.79 Å². The van der Waals surface area contributed by atoms with Crippen molar-refractivity contribution in [2.24, 2.45) is 0 Å². The quantitative estimate of drug-likeness (QED) is 0.712. The van der Waals surface area contributed by atoms with Gasteiger partial charge in [0, 0.05) is 16.1 Å². The Hall–Kier alpha value is -1.22. The zero-order valence-electron chi connectivity index (χ0n) is 6.70. The maximum absolute atomic E-state index is 10.7. The molecule has 2 aromatic rings. The van der Waals surface area contributed by atoms with Gasteiger partial charge in [-0.15, -0.1) is 0 Å². The molecule has 0 aliphatic carbocycles. The van der Waals surface area contributed by atoms with Crippen molar-refractivity contribution in [2.75, 3.05) is 0 Å². The Morgan fingerprint density at radius 3 is 2.92 bits per heavy atom. The Morgan fingerprint density at radius 2 is 2.15 bits per heavy atom. The summed E-state index contributed by atoms with van der Waals surface area (Å²) in [6, 6.07) is 7.67. The molecule has 0 aliphatic heterocycles. The molecule has 0 radical (unpaired) electrons. The van der Waals surface area contributed by atoms with Gasteiger partial charge >= 0.3 is 0 Å². The van der Waals surface area contributed by atoms with E-state index in [1.54, 1.807) is 6.20 Å². The van der Waals surface area contributed by atoms with Gasteiger partial charge in [-0.3, -0.25) is 9.78 Å². The van der Waals surface area contributed by atoms with Crippen molar-refractivity contribution < 1.29 is 4.79 Å². The Kier molecular flexibility index (Phi) is 2.10. The molecule has 2 nitrogen and oxygen atoms in total. The lowest BCUT2D eigenvalue weighted by Crippen LogP contribution is -1.87. The first kappa shape index (κ1) is 8.38. The maximum atomic E-state index is 10.7. The summed E-state index contributed by atoms with van der Waals surface area (Å²) in [5.41, 5.74) is 0.485. The minimum absolute atomic E-state index is 0.485. The fraction of sp³-hybridized carbons (Fsp3) is 0. The lowest BCUT2D eigenvalue weighted by Gasteiger charge is -1.99. The number of carbonyl (C=O) groups is 1. The van der Waals surface area contributed by atoms with Crippen molar-refractivity contribution >= 4 is 33.0 Å². The predicted molar refractivity (Wildman–Crippen MR) is 54.8 cm³/mol. The first-order chi connectivity index (χ1) is 6.31. The van der Waals surface area contributed by atoms with Crippen LogP contribution in [0.5, 0.6) is 0 Å². The Labute approximate surface area is 83.7 Å². The van der Waals surface area contributed by atoms with E-state index in [0.717, 1.165) is 21.5 Å². The van der Waals surface area contributed by atoms with Crippen molar-refractivity contribution in [3.05, 3.63) is 40.6 Å². The molecule has 64 valence electrons. The molecule has 0 bridgehead atoms. The number of pyridine rings is 1. The summed E-state index contributed by atoms with van der Waals surface area (Å²) < 4.78 is 0.955. The van der Waals surface area contributed by atoms with Crippen LogP contribution >= 0.6 is 15.9 Å². The predicted octanol–water partition coefficient (Wildman–Crippen LogP) is 2.81. The molecule has 0 spiro atoms. The van der Waals surface area contributed by atoms with Crippen molar-refractivity contribution in [1.82, 2.24) is 4.98 Å². The van der Waals surface area contributed by atoms with Crippen LogP contribution in [-0.4, -0.2) is 11.3 Å². The van der Waals surface area contributed by atoms with E-state index in [1.807, 2.05) is 24.3 Å². The summed E-state index contributed by atoms with van der Waals surface area (Å²) >= 11 is 3.35. The molecule has 0 saturated heterocycles. The molecule has 1 heterocycles. The largest absolute Gasteiger partial charge is 0.296 e. The van der Waals surface area contributed by atoms with Crippen LogP contribution in [0.25, 0.3) is 10.8 Å². The van der Waals surface area contributed by atoms with Crippen LogP contribution in [0.2, 0.25) is 0 Å². The number of rotatable bonds is 1. The monoisotopic (exact) mass is 235 g/mol. The number of benzene rings is 1. The van der Waals surface area contributed by atoms with Crippen LogP contribution in [0.15, 0.2) is 34.9 Å². The van der Waals surface area contributed by atoms with Crippen LogP contribution in [0.1, 0.15) is 10.5 Å². The summed E-state index contributed by atoms with van der Waals surface area (Å²) in [4.78, 5) is 14.6. The third kappa shape index (κ3) is 1.47. The number of nitrogens with zero attached hydrogens (tertiary/aromatic N) is 1. The van der Waals surface area contributed by atoms with E-state index in [0.29, 0.717) is 5.69 Å². The second-order valence-electron chi connectivity index (χ2n) is 2.68. The van der Waals surface area contributed by atoms with Gasteiger partial charge in [-0.05, 0) is 23.6 Å². The SMILES string of the molecule is O=Cc1nccc2ccc(Br)cc12. The van der Waals surface area contributed by atoms with Crippen molar-refractivity contribution in [2.45, 2.75) is 0 Å². The fourth-order valence-electron chi connectivity index (χ4n) is 1.26. The van der Waals surface area contributed by atoms with Crippen molar-refractivity contribution in [3.8, 4) is 0 Å². The molecule has 13 heavy (non-hydrogen) atoms. The molecule has 0 unspecified atom stereocenters. The van der Waals surface area contributed by atoms with Gasteiger partial charge in [0.25, 0.3) is 0 Å². The number of carbonyl (C=O) groups excluding carboxylic acids is 1. The molecule has 0 aliphatic rings. The van der Waals surface area contributed by atoms with E-state index in [2.05, 4.69) is 20.9 Å². The van der Waals surface area contributed by atoms with E-state index in [-0.39, 0.29) is 0 Å². The second-order valence-corrected chi connectivity index (χ2v) is 3.60. The van der Waals surface area contributed by atoms with Crippen LogP contribution in [-0.2, 0) is 0 Å². The van der Waals surface area contributed by atoms with Gasteiger partial charge in [-0.25, -0.2) is 0 Å². The number of hydrogen-bond donors (Lipinski definition) is 0. The van der Waals surface area contributed by atoms with Gasteiger partial charge in [0.1, 0.15) is 5.69 Å². The number of fused-ring (bicyclic) bond motifs is 1. The molecule has 0 fully saturated rings. The topological polar surface area (TPSA) is 30.0 Å². The summed E-state index contributed by atoms with van der Waals surface area (Å²) in [5.74, 6) is 0. The van der Waals surface area contributed by atoms with Crippen molar-refractivity contribution in [3.63, 3.8) is 0 Å². The Morgan fingerprint density at radius 1 is 1.31 bits per heavy atom. The molecular formula is C10H6BrNO. The van der Waals surface area contributed by atoms with E-state index < -0.39 is 0 Å². The highest BCUT2D eigenvalue weighted by Gasteiger charge is 2.00. The smallest absolute Gasteiger partial charge is 0.169 e. The molecule has 0 N–H and O–H groups in total. The number of halogens is 1. The number of aromatic nitrogens is 1. The normalized spacial score (nSPS) is 10.2. The zero-order chi connectivity index (χ0) is 9.26. The van der Waals surface area contributed by atoms with E-state index in [4.69, 9.17) is 0 Å². The van der Waals surface area contributed by atoms with Gasteiger partial charge in [-0.1, -0.05) is 22.0 Å². The number of aldehydes is 1. The minimum atomic E-state index is 0.485. The van der Waals surface area contributed by atoms with E-state index >= 15 is 0 Å². The standard InChI is InChI=1S/C10H6BrNO/c11-8-2-1-7-3-4-12-10(6-13)9(7)5-8/h1-6H. The third-order valence-electron chi connectivity index (χ3n) is 1.87. The van der Waals surface area contributed by atoms with Crippen LogP contribution in [0.4, 0.5) is 0 Å². The van der Waals surface area contributed by atoms with Gasteiger partial charge in [0.15, 0.2) is 6.29 Å². The summed E-state index contributed by atoms with van der Waals surface area (Å²) in [6.07, 6.45) is 2.41. The molecular weight excluding hydrogens is 230 g/mol. The molecule has 2 rings (SSSR count). The lowest BCUT2D eigenvalue weighted by molar-refractivity contribution is 0.112. The molecule has 0 saturated carbocycles. The van der Waals surface area contributed by atoms with Crippen LogP contribution in [0, 0.1) is 0 Å². The molecule has 3 heteroatoms. The second kappa shape index (κ2) is 3.26. The highest BCUT2D eigenvalue weighted by Crippen LogP contribution is 2.20. The summed E-state index contributed by atoms with van der Waals surface area (Å²) in [6.45, 7) is 0. The van der Waals surface area contributed by atoms with Gasteiger partial charge in [0.2, 0.25) is 0 Å². The average molecular weight is 236 g/mol. The van der Waals surface area contributed by atoms with Crippen LogP contribution in [0.3, 0.4) is 0 Å². The lowest BCUT2D eigenvalue weighted by atomic mass is 10.1. The van der Waals surface area contributed by atoms with Crippen molar-refractivity contribution in [1.29, 1.82) is 0 Å². The highest BCUT2D eigenvalue weighted by molar-refractivity contribution is 9.10. The molecule has 1 aromatic heterocycles. The summed E-state index contributed by atoms with van der Waals surface area (Å²) in [7, 11) is 0. The third-order valence-corrected chi connectivity index (χ3v) is 2.36. The Balaban J connectivity index is 2.86. The summed E-state index contributed by atoms with van der Waals surface area (Å²) in [5, 5.41) is 1.91. The average Bonchev–Trinajstić information content (AvgIpc) is 2.17. The molecule has 0 amide bonds.